The number of alkyl halides is 3. The average Bonchev–Trinajstić information content (AvgIpc) is 2.15. The molecule has 1 aromatic heterocycles. The molecule has 0 amide bonds. The Morgan fingerprint density at radius 3 is 2.50 bits per heavy atom. The summed E-state index contributed by atoms with van der Waals surface area (Å²) in [5.41, 5.74) is 0. The molecule has 0 radical (unpaired) electrons. The molecule has 0 fully saturated rings. The van der Waals surface area contributed by atoms with Gasteiger partial charge in [0.05, 0.1) is 13.3 Å². The number of aromatic nitrogens is 2. The number of hydrogen-bond donors (Lipinski definition) is 1. The highest BCUT2D eigenvalue weighted by molar-refractivity contribution is 6.66. The Labute approximate surface area is 96.5 Å². The van der Waals surface area contributed by atoms with Crippen LogP contribution in [0.4, 0.5) is 5.82 Å². The van der Waals surface area contributed by atoms with Crippen molar-refractivity contribution in [2.45, 2.75) is 3.79 Å². The number of nitrogens with one attached hydrogen (secondary N) is 1. The second-order valence-corrected chi connectivity index (χ2v) is 4.64. The Kier molecular flexibility index (Phi) is 3.64. The lowest BCUT2D eigenvalue weighted by Gasteiger charge is -2.12. The summed E-state index contributed by atoms with van der Waals surface area (Å²) >= 11 is 16.9. The second kappa shape index (κ2) is 4.38. The second-order valence-electron chi connectivity index (χ2n) is 2.36. The molecule has 7 heteroatoms. The van der Waals surface area contributed by atoms with Crippen molar-refractivity contribution in [1.82, 2.24) is 9.97 Å². The van der Waals surface area contributed by atoms with Gasteiger partial charge in [0.15, 0.2) is 17.4 Å². The van der Waals surface area contributed by atoms with Crippen molar-refractivity contribution in [2.75, 3.05) is 19.5 Å². The van der Waals surface area contributed by atoms with Crippen LogP contribution in [0.2, 0.25) is 0 Å². The van der Waals surface area contributed by atoms with Crippen LogP contribution in [0.3, 0.4) is 0 Å². The topological polar surface area (TPSA) is 47.0 Å². The van der Waals surface area contributed by atoms with Crippen molar-refractivity contribution in [2.24, 2.45) is 0 Å². The molecule has 1 N–H and O–H groups in total. The fourth-order valence-corrected chi connectivity index (χ4v) is 1.11. The van der Waals surface area contributed by atoms with E-state index in [1.54, 1.807) is 7.05 Å². The maximum atomic E-state index is 5.62. The van der Waals surface area contributed by atoms with Crippen LogP contribution >= 0.6 is 34.8 Å². The zero-order chi connectivity index (χ0) is 10.8. The van der Waals surface area contributed by atoms with Gasteiger partial charge in [-0.3, -0.25) is 0 Å². The maximum absolute atomic E-state index is 5.62. The first-order chi connectivity index (χ1) is 6.49. The van der Waals surface area contributed by atoms with Crippen LogP contribution in [-0.4, -0.2) is 24.1 Å². The third-order valence-corrected chi connectivity index (χ3v) is 1.97. The van der Waals surface area contributed by atoms with Crippen LogP contribution in [0, 0.1) is 0 Å². The van der Waals surface area contributed by atoms with Crippen LogP contribution < -0.4 is 10.1 Å². The largest absolute Gasteiger partial charge is 0.491 e. The lowest BCUT2D eigenvalue weighted by atomic mass is 10.5. The van der Waals surface area contributed by atoms with Gasteiger partial charge >= 0.3 is 0 Å². The lowest BCUT2D eigenvalue weighted by molar-refractivity contribution is 0.412. The molecule has 0 unspecified atom stereocenters. The van der Waals surface area contributed by atoms with Crippen LogP contribution in [0.1, 0.15) is 5.82 Å². The quantitative estimate of drug-likeness (QED) is 0.825. The van der Waals surface area contributed by atoms with Crippen molar-refractivity contribution in [3.8, 4) is 5.75 Å². The minimum absolute atomic E-state index is 0.104. The van der Waals surface area contributed by atoms with E-state index in [1.165, 1.54) is 13.3 Å². The molecule has 1 rings (SSSR count). The molecule has 0 bridgehead atoms. The number of halogens is 3. The van der Waals surface area contributed by atoms with Gasteiger partial charge in [-0.1, -0.05) is 34.8 Å². The van der Waals surface area contributed by atoms with Gasteiger partial charge in [0.1, 0.15) is 0 Å². The van der Waals surface area contributed by atoms with Crippen molar-refractivity contribution < 1.29 is 4.74 Å². The summed E-state index contributed by atoms with van der Waals surface area (Å²) in [5, 5.41) is 2.81. The number of hydrogen-bond acceptors (Lipinski definition) is 4. The molecule has 4 nitrogen and oxygen atoms in total. The minimum atomic E-state index is -1.63. The third kappa shape index (κ3) is 2.53. The third-order valence-electron chi connectivity index (χ3n) is 1.47. The van der Waals surface area contributed by atoms with Crippen LogP contribution in [0.5, 0.6) is 5.75 Å². The summed E-state index contributed by atoms with van der Waals surface area (Å²) in [4.78, 5) is 7.85. The van der Waals surface area contributed by atoms with E-state index in [2.05, 4.69) is 15.3 Å². The van der Waals surface area contributed by atoms with E-state index in [9.17, 15) is 0 Å². The lowest BCUT2D eigenvalue weighted by Crippen LogP contribution is -2.09. The Hall–Kier alpha value is -0.450. The normalized spacial score (nSPS) is 11.2. The summed E-state index contributed by atoms with van der Waals surface area (Å²) in [7, 11) is 3.20. The highest BCUT2D eigenvalue weighted by atomic mass is 35.6. The molecule has 14 heavy (non-hydrogen) atoms. The van der Waals surface area contributed by atoms with Crippen molar-refractivity contribution >= 4 is 40.6 Å². The van der Waals surface area contributed by atoms with E-state index in [1.807, 2.05) is 0 Å². The van der Waals surface area contributed by atoms with Crippen molar-refractivity contribution in [1.29, 1.82) is 0 Å². The highest BCUT2D eigenvalue weighted by Gasteiger charge is 2.27. The summed E-state index contributed by atoms with van der Waals surface area (Å²) < 4.78 is 3.36. The Morgan fingerprint density at radius 2 is 2.07 bits per heavy atom. The molecule has 0 spiro atoms. The molecule has 0 atom stereocenters. The van der Waals surface area contributed by atoms with Gasteiger partial charge < -0.3 is 10.1 Å². The van der Waals surface area contributed by atoms with E-state index in [0.29, 0.717) is 11.6 Å². The Morgan fingerprint density at radius 1 is 1.43 bits per heavy atom. The van der Waals surface area contributed by atoms with E-state index < -0.39 is 3.79 Å². The first kappa shape index (κ1) is 11.6. The fourth-order valence-electron chi connectivity index (χ4n) is 0.836. The monoisotopic (exact) mass is 255 g/mol. The van der Waals surface area contributed by atoms with E-state index in [4.69, 9.17) is 39.5 Å². The molecular weight excluding hydrogens is 248 g/mol. The van der Waals surface area contributed by atoms with Gasteiger partial charge in [-0.2, -0.15) is 0 Å². The summed E-state index contributed by atoms with van der Waals surface area (Å²) in [5.74, 6) is 1.07. The molecule has 0 aliphatic heterocycles. The predicted molar refractivity (Wildman–Crippen MR) is 57.4 cm³/mol. The SMILES string of the molecule is CNc1nc(C(Cl)(Cl)Cl)ncc1OC. The molecule has 1 aromatic rings. The number of anilines is 1. The van der Waals surface area contributed by atoms with Gasteiger partial charge in [0, 0.05) is 7.05 Å². The summed E-state index contributed by atoms with van der Waals surface area (Å²) in [6.07, 6.45) is 1.44. The first-order valence-electron chi connectivity index (χ1n) is 3.65. The molecule has 1 heterocycles. The maximum Gasteiger partial charge on any atom is 0.250 e. The zero-order valence-electron chi connectivity index (χ0n) is 7.51. The molecule has 0 saturated heterocycles. The van der Waals surface area contributed by atoms with Gasteiger partial charge in [-0.25, -0.2) is 9.97 Å². The smallest absolute Gasteiger partial charge is 0.250 e. The highest BCUT2D eigenvalue weighted by Crippen LogP contribution is 2.37. The Bertz CT molecular complexity index is 326. The van der Waals surface area contributed by atoms with Crippen molar-refractivity contribution in [3.05, 3.63) is 12.0 Å². The Balaban J connectivity index is 3.14. The van der Waals surface area contributed by atoms with E-state index in [0.717, 1.165) is 0 Å². The molecular formula is C7H8Cl3N3O. The van der Waals surface area contributed by atoms with Crippen molar-refractivity contribution in [3.63, 3.8) is 0 Å². The predicted octanol–water partition coefficient (Wildman–Crippen LogP) is 2.35. The fraction of sp³-hybridized carbons (Fsp3) is 0.429. The summed E-state index contributed by atoms with van der Waals surface area (Å²) in [6.45, 7) is 0. The molecule has 0 aromatic carbocycles. The number of rotatable bonds is 2. The molecule has 78 valence electrons. The van der Waals surface area contributed by atoms with Gasteiger partial charge in [-0.15, -0.1) is 0 Å². The average molecular weight is 257 g/mol. The summed E-state index contributed by atoms with van der Waals surface area (Å²) in [6, 6.07) is 0. The molecule has 0 aliphatic rings. The first-order valence-corrected chi connectivity index (χ1v) is 4.78. The van der Waals surface area contributed by atoms with E-state index in [-0.39, 0.29) is 5.82 Å². The van der Waals surface area contributed by atoms with E-state index >= 15 is 0 Å². The van der Waals surface area contributed by atoms with Gasteiger partial charge in [-0.05, 0) is 0 Å². The zero-order valence-corrected chi connectivity index (χ0v) is 9.78. The standard InChI is InChI=1S/C7H8Cl3N3O/c1-11-5-4(14-2)3-12-6(13-5)7(8,9)10/h3H,1-2H3,(H,11,12,13). The molecule has 0 saturated carbocycles. The molecule has 0 aliphatic carbocycles. The van der Waals surface area contributed by atoms with Crippen LogP contribution in [0.15, 0.2) is 6.20 Å². The number of methoxy groups -OCH3 is 1. The van der Waals surface area contributed by atoms with Gasteiger partial charge in [0.2, 0.25) is 3.79 Å². The number of nitrogens with zero attached hydrogens (tertiary/aromatic N) is 2. The minimum Gasteiger partial charge on any atom is -0.491 e. The van der Waals surface area contributed by atoms with Crippen LogP contribution in [-0.2, 0) is 3.79 Å². The number of ether oxygens (including phenoxy) is 1. The van der Waals surface area contributed by atoms with Crippen LogP contribution in [0.25, 0.3) is 0 Å². The van der Waals surface area contributed by atoms with Gasteiger partial charge in [0.25, 0.3) is 0 Å².